The van der Waals surface area contributed by atoms with Crippen molar-refractivity contribution in [3.63, 3.8) is 0 Å². The summed E-state index contributed by atoms with van der Waals surface area (Å²) in [6.45, 7) is 5.67. The second-order valence-electron chi connectivity index (χ2n) is 3.82. The molecule has 2 aromatic heterocycles. The maximum absolute atomic E-state index is 13.1. The molecule has 20 heavy (non-hydrogen) atoms. The summed E-state index contributed by atoms with van der Waals surface area (Å²) in [6, 6.07) is 1.25. The molecule has 2 heterocycles. The van der Waals surface area contributed by atoms with Crippen molar-refractivity contribution in [2.45, 2.75) is 20.3 Å². The molecule has 0 saturated carbocycles. The highest BCUT2D eigenvalue weighted by Crippen LogP contribution is 2.17. The van der Waals surface area contributed by atoms with Gasteiger partial charge in [0.1, 0.15) is 11.5 Å². The van der Waals surface area contributed by atoms with Crippen LogP contribution in [0, 0.1) is 5.82 Å². The number of nitrogens with zero attached hydrogens (tertiary/aromatic N) is 2. The van der Waals surface area contributed by atoms with Crippen molar-refractivity contribution >= 4 is 27.5 Å². The van der Waals surface area contributed by atoms with E-state index < -0.39 is 11.8 Å². The molecule has 0 unspecified atom stereocenters. The summed E-state index contributed by atoms with van der Waals surface area (Å²) in [7, 11) is 0. The molecule has 110 valence electrons. The van der Waals surface area contributed by atoms with Gasteiger partial charge in [0.15, 0.2) is 0 Å². The third-order valence-electron chi connectivity index (χ3n) is 2.29. The molecule has 0 aliphatic carbocycles. The molecule has 0 fully saturated rings. The first-order valence-corrected chi connectivity index (χ1v) is 6.89. The van der Waals surface area contributed by atoms with Gasteiger partial charge in [0, 0.05) is 31.7 Å². The van der Waals surface area contributed by atoms with Gasteiger partial charge in [0.05, 0.1) is 16.6 Å². The van der Waals surface area contributed by atoms with E-state index in [0.29, 0.717) is 15.8 Å². The first-order chi connectivity index (χ1) is 9.47. The van der Waals surface area contributed by atoms with Crippen molar-refractivity contribution in [3.8, 4) is 0 Å². The number of fused-ring (bicyclic) bond motifs is 1. The minimum atomic E-state index is -0.960. The number of pyridine rings is 1. The van der Waals surface area contributed by atoms with Gasteiger partial charge in [-0.05, 0) is 29.8 Å². The third kappa shape index (κ3) is 4.90. The summed E-state index contributed by atoms with van der Waals surface area (Å²) in [6.07, 6.45) is 2.90. The number of carbonyl (C=O) groups is 1. The van der Waals surface area contributed by atoms with Gasteiger partial charge >= 0.3 is 5.97 Å². The minimum Gasteiger partial charge on any atom is -0.481 e. The third-order valence-corrected chi connectivity index (χ3v) is 2.87. The Balaban J connectivity index is 0.000000347. The molecule has 2 rings (SSSR count). The lowest BCUT2D eigenvalue weighted by atomic mass is 10.3. The number of ether oxygens (including phenoxy) is 1. The number of carboxylic acids is 1. The number of hydrogen-bond acceptors (Lipinski definition) is 3. The average molecular weight is 347 g/mol. The molecule has 0 bridgehead atoms. The van der Waals surface area contributed by atoms with E-state index in [4.69, 9.17) is 9.84 Å². The van der Waals surface area contributed by atoms with Crippen LogP contribution in [0.25, 0.3) is 5.65 Å². The van der Waals surface area contributed by atoms with E-state index in [1.54, 1.807) is 10.6 Å². The molecule has 0 saturated heterocycles. The fraction of sp³-hybridized carbons (Fsp3) is 0.385. The van der Waals surface area contributed by atoms with Crippen LogP contribution in [0.15, 0.2) is 22.9 Å². The predicted molar refractivity (Wildman–Crippen MR) is 76.4 cm³/mol. The van der Waals surface area contributed by atoms with Crippen LogP contribution in [-0.2, 0) is 16.0 Å². The van der Waals surface area contributed by atoms with Crippen molar-refractivity contribution in [3.05, 3.63) is 34.4 Å². The lowest BCUT2D eigenvalue weighted by Crippen LogP contribution is -1.99. The number of rotatable bonds is 4. The normalized spacial score (nSPS) is 10.2. The SMILES string of the molecule is CCOCC.O=C(O)Cc1cn2cc(Br)c(F)cc2n1. The first kappa shape index (κ1) is 16.6. The molecular formula is C13H16BrFN2O3. The molecule has 0 amide bonds. The molecule has 0 aliphatic rings. The molecule has 0 aliphatic heterocycles. The molecule has 0 spiro atoms. The van der Waals surface area contributed by atoms with Crippen molar-refractivity contribution in [1.29, 1.82) is 0 Å². The lowest BCUT2D eigenvalue weighted by molar-refractivity contribution is -0.136. The van der Waals surface area contributed by atoms with E-state index >= 15 is 0 Å². The molecule has 0 atom stereocenters. The van der Waals surface area contributed by atoms with Crippen LogP contribution >= 0.6 is 15.9 Å². The highest BCUT2D eigenvalue weighted by atomic mass is 79.9. The van der Waals surface area contributed by atoms with E-state index in [-0.39, 0.29) is 6.42 Å². The highest BCUT2D eigenvalue weighted by molar-refractivity contribution is 9.10. The first-order valence-electron chi connectivity index (χ1n) is 6.10. The second-order valence-corrected chi connectivity index (χ2v) is 4.67. The van der Waals surface area contributed by atoms with E-state index in [9.17, 15) is 9.18 Å². The summed E-state index contributed by atoms with van der Waals surface area (Å²) in [5.41, 5.74) is 0.798. The van der Waals surface area contributed by atoms with Gasteiger partial charge in [0.25, 0.3) is 0 Å². The Morgan fingerprint density at radius 3 is 2.60 bits per heavy atom. The Bertz CT molecular complexity index is 545. The summed E-state index contributed by atoms with van der Waals surface area (Å²) >= 11 is 3.04. The fourth-order valence-electron chi connectivity index (χ4n) is 1.48. The largest absolute Gasteiger partial charge is 0.481 e. The smallest absolute Gasteiger partial charge is 0.309 e. The van der Waals surface area contributed by atoms with Crippen LogP contribution in [0.5, 0.6) is 0 Å². The lowest BCUT2D eigenvalue weighted by Gasteiger charge is -1.95. The number of hydrogen-bond donors (Lipinski definition) is 1. The van der Waals surface area contributed by atoms with Gasteiger partial charge in [-0.15, -0.1) is 0 Å². The van der Waals surface area contributed by atoms with Crippen LogP contribution in [0.4, 0.5) is 4.39 Å². The van der Waals surface area contributed by atoms with Crippen molar-refractivity contribution in [1.82, 2.24) is 9.38 Å². The molecule has 0 aromatic carbocycles. The van der Waals surface area contributed by atoms with E-state index in [1.807, 2.05) is 13.8 Å². The zero-order chi connectivity index (χ0) is 15.1. The second kappa shape index (κ2) is 7.96. The molecule has 1 N–H and O–H groups in total. The van der Waals surface area contributed by atoms with Crippen LogP contribution in [0.3, 0.4) is 0 Å². The van der Waals surface area contributed by atoms with Gasteiger partial charge in [-0.2, -0.15) is 0 Å². The number of carboxylic acid groups (broad SMARTS) is 1. The van der Waals surface area contributed by atoms with Gasteiger partial charge in [-0.25, -0.2) is 9.37 Å². The molecule has 7 heteroatoms. The summed E-state index contributed by atoms with van der Waals surface area (Å²) in [5.74, 6) is -1.38. The Kier molecular flexibility index (Phi) is 6.60. The Labute approximate surface area is 124 Å². The van der Waals surface area contributed by atoms with Crippen molar-refractivity contribution in [2.24, 2.45) is 0 Å². The monoisotopic (exact) mass is 346 g/mol. The molecular weight excluding hydrogens is 331 g/mol. The highest BCUT2D eigenvalue weighted by Gasteiger charge is 2.08. The topological polar surface area (TPSA) is 63.8 Å². The number of imidazole rings is 1. The van der Waals surface area contributed by atoms with E-state index in [0.717, 1.165) is 13.2 Å². The Morgan fingerprint density at radius 2 is 2.10 bits per heavy atom. The van der Waals surface area contributed by atoms with Gasteiger partial charge < -0.3 is 14.2 Å². The zero-order valence-corrected chi connectivity index (χ0v) is 12.9. The quantitative estimate of drug-likeness (QED) is 0.924. The van der Waals surface area contributed by atoms with E-state index in [1.165, 1.54) is 12.3 Å². The maximum atomic E-state index is 13.1. The van der Waals surface area contributed by atoms with Crippen LogP contribution in [0.2, 0.25) is 0 Å². The van der Waals surface area contributed by atoms with Crippen LogP contribution in [-0.4, -0.2) is 33.7 Å². The van der Waals surface area contributed by atoms with Crippen molar-refractivity contribution in [2.75, 3.05) is 13.2 Å². The Morgan fingerprint density at radius 1 is 1.45 bits per heavy atom. The number of aliphatic carboxylic acids is 1. The fourth-order valence-corrected chi connectivity index (χ4v) is 1.82. The Hall–Kier alpha value is -1.47. The standard InChI is InChI=1S/C9H6BrFN2O2.C4H10O/c10-6-4-13-3-5(1-9(14)15)12-8(13)2-7(6)11;1-3-5-4-2/h2-4H,1H2,(H,14,15);3-4H2,1-2H3. The minimum absolute atomic E-state index is 0.166. The van der Waals surface area contributed by atoms with Gasteiger partial charge in [0.2, 0.25) is 0 Å². The average Bonchev–Trinajstić information content (AvgIpc) is 2.72. The zero-order valence-electron chi connectivity index (χ0n) is 11.3. The van der Waals surface area contributed by atoms with E-state index in [2.05, 4.69) is 20.9 Å². The summed E-state index contributed by atoms with van der Waals surface area (Å²) in [4.78, 5) is 14.4. The summed E-state index contributed by atoms with van der Waals surface area (Å²) in [5, 5.41) is 8.57. The van der Waals surface area contributed by atoms with Gasteiger partial charge in [-0.1, -0.05) is 0 Å². The predicted octanol–water partition coefficient (Wildman–Crippen LogP) is 2.91. The number of halogens is 2. The van der Waals surface area contributed by atoms with Crippen molar-refractivity contribution < 1.29 is 19.0 Å². The van der Waals surface area contributed by atoms with Crippen LogP contribution in [0.1, 0.15) is 19.5 Å². The van der Waals surface area contributed by atoms with Gasteiger partial charge in [-0.3, -0.25) is 4.79 Å². The molecule has 0 radical (unpaired) electrons. The number of aromatic nitrogens is 2. The summed E-state index contributed by atoms with van der Waals surface area (Å²) < 4.78 is 19.8. The molecule has 2 aromatic rings. The van der Waals surface area contributed by atoms with Crippen LogP contribution < -0.4 is 0 Å². The maximum Gasteiger partial charge on any atom is 0.309 e. The molecule has 5 nitrogen and oxygen atoms in total.